The molecule has 0 aliphatic rings. The Morgan fingerprint density at radius 2 is 2.08 bits per heavy atom. The van der Waals surface area contributed by atoms with E-state index in [2.05, 4.69) is 32.3 Å². The first kappa shape index (κ1) is 16.6. The summed E-state index contributed by atoms with van der Waals surface area (Å²) >= 11 is 9.79. The Balaban J connectivity index is 2.18. The highest BCUT2D eigenvalue weighted by atomic mass is 79.9. The normalized spacial score (nSPS) is 10.5. The molecule has 0 fully saturated rings. The highest BCUT2D eigenvalue weighted by molar-refractivity contribution is 9.10. The molecule has 0 spiro atoms. The SMILES string of the molecule is COc1cc(Nc2c(C#N)cnc3cc(Br)ccc23)c(Cl)cc1C. The van der Waals surface area contributed by atoms with Crippen molar-refractivity contribution < 1.29 is 4.74 Å². The van der Waals surface area contributed by atoms with Gasteiger partial charge in [-0.3, -0.25) is 4.98 Å². The number of hydrogen-bond acceptors (Lipinski definition) is 4. The van der Waals surface area contributed by atoms with Crippen molar-refractivity contribution in [3.8, 4) is 11.8 Å². The predicted octanol–water partition coefficient (Wildman–Crippen LogP) is 5.58. The van der Waals surface area contributed by atoms with Gasteiger partial charge in [0.15, 0.2) is 0 Å². The van der Waals surface area contributed by atoms with Crippen LogP contribution in [0.25, 0.3) is 10.9 Å². The third-order valence-electron chi connectivity index (χ3n) is 3.70. The van der Waals surface area contributed by atoms with Crippen LogP contribution in [-0.4, -0.2) is 12.1 Å². The lowest BCUT2D eigenvalue weighted by Gasteiger charge is -2.15. The Kier molecular flexibility index (Phi) is 4.61. The molecule has 0 saturated carbocycles. The van der Waals surface area contributed by atoms with Gasteiger partial charge in [0.1, 0.15) is 11.8 Å². The number of nitrogens with one attached hydrogen (secondary N) is 1. The Bertz CT molecular complexity index is 982. The van der Waals surface area contributed by atoms with Crippen molar-refractivity contribution in [2.45, 2.75) is 6.92 Å². The van der Waals surface area contributed by atoms with E-state index in [0.29, 0.717) is 22.0 Å². The number of aromatic nitrogens is 1. The Hall–Kier alpha value is -2.29. The minimum absolute atomic E-state index is 0.445. The first-order valence-corrected chi connectivity index (χ1v) is 8.30. The van der Waals surface area contributed by atoms with Gasteiger partial charge in [0.25, 0.3) is 0 Å². The van der Waals surface area contributed by atoms with Gasteiger partial charge in [-0.1, -0.05) is 27.5 Å². The zero-order valence-corrected chi connectivity index (χ0v) is 15.4. The Labute approximate surface area is 153 Å². The number of fused-ring (bicyclic) bond motifs is 1. The molecule has 0 radical (unpaired) electrons. The monoisotopic (exact) mass is 401 g/mol. The number of halogens is 2. The van der Waals surface area contributed by atoms with Crippen LogP contribution in [-0.2, 0) is 0 Å². The molecule has 2 aromatic carbocycles. The fourth-order valence-electron chi connectivity index (χ4n) is 2.49. The number of pyridine rings is 1. The smallest absolute Gasteiger partial charge is 0.123 e. The molecule has 4 nitrogen and oxygen atoms in total. The summed E-state index contributed by atoms with van der Waals surface area (Å²) < 4.78 is 6.28. The van der Waals surface area contributed by atoms with Crippen molar-refractivity contribution in [2.24, 2.45) is 0 Å². The average Bonchev–Trinajstić information content (AvgIpc) is 2.57. The Morgan fingerprint density at radius 3 is 2.79 bits per heavy atom. The van der Waals surface area contributed by atoms with Crippen LogP contribution in [0.15, 0.2) is 41.0 Å². The molecule has 1 heterocycles. The number of methoxy groups -OCH3 is 1. The molecule has 3 rings (SSSR count). The van der Waals surface area contributed by atoms with Crippen molar-refractivity contribution in [1.29, 1.82) is 5.26 Å². The van der Waals surface area contributed by atoms with E-state index >= 15 is 0 Å². The zero-order chi connectivity index (χ0) is 17.3. The van der Waals surface area contributed by atoms with Crippen molar-refractivity contribution in [3.63, 3.8) is 0 Å². The molecule has 1 N–H and O–H groups in total. The second-order valence-electron chi connectivity index (χ2n) is 5.25. The van der Waals surface area contributed by atoms with Gasteiger partial charge in [-0.25, -0.2) is 0 Å². The quantitative estimate of drug-likeness (QED) is 0.621. The number of aryl methyl sites for hydroxylation is 1. The molecule has 24 heavy (non-hydrogen) atoms. The van der Waals surface area contributed by atoms with Gasteiger partial charge in [0, 0.05) is 22.1 Å². The molecule has 6 heteroatoms. The third-order valence-corrected chi connectivity index (χ3v) is 4.50. The van der Waals surface area contributed by atoms with E-state index in [-0.39, 0.29) is 0 Å². The summed E-state index contributed by atoms with van der Waals surface area (Å²) in [5.41, 5.74) is 3.51. The maximum Gasteiger partial charge on any atom is 0.123 e. The first-order chi connectivity index (χ1) is 11.5. The molecule has 0 amide bonds. The summed E-state index contributed by atoms with van der Waals surface area (Å²) in [6.45, 7) is 1.93. The molecule has 0 bridgehead atoms. The summed E-state index contributed by atoms with van der Waals surface area (Å²) in [6.07, 6.45) is 1.55. The van der Waals surface area contributed by atoms with Gasteiger partial charge in [-0.15, -0.1) is 0 Å². The molecule has 3 aromatic rings. The van der Waals surface area contributed by atoms with Crippen LogP contribution in [0.1, 0.15) is 11.1 Å². The van der Waals surface area contributed by atoms with Crippen LogP contribution in [0, 0.1) is 18.3 Å². The molecule has 0 atom stereocenters. The summed E-state index contributed by atoms with van der Waals surface area (Å²) in [5.74, 6) is 0.724. The Morgan fingerprint density at radius 1 is 1.29 bits per heavy atom. The zero-order valence-electron chi connectivity index (χ0n) is 13.0. The van der Waals surface area contributed by atoms with Gasteiger partial charge in [0.2, 0.25) is 0 Å². The van der Waals surface area contributed by atoms with E-state index in [1.165, 1.54) is 0 Å². The molecule has 0 aliphatic heterocycles. The number of anilines is 2. The molecule has 120 valence electrons. The van der Waals surface area contributed by atoms with E-state index in [1.807, 2.05) is 37.3 Å². The van der Waals surface area contributed by atoms with Crippen LogP contribution < -0.4 is 10.1 Å². The minimum Gasteiger partial charge on any atom is -0.496 e. The predicted molar refractivity (Wildman–Crippen MR) is 100 cm³/mol. The van der Waals surface area contributed by atoms with Gasteiger partial charge >= 0.3 is 0 Å². The molecule has 0 aliphatic carbocycles. The fourth-order valence-corrected chi connectivity index (χ4v) is 3.10. The topological polar surface area (TPSA) is 57.9 Å². The van der Waals surface area contributed by atoms with Crippen molar-refractivity contribution in [1.82, 2.24) is 4.98 Å². The molecular formula is C18H13BrClN3O. The standard InChI is InChI=1S/C18H13BrClN3O/c1-10-5-14(20)16(7-17(10)24-2)23-18-11(8-21)9-22-15-6-12(19)3-4-13(15)18/h3-7,9H,1-2H3,(H,22,23). The lowest BCUT2D eigenvalue weighted by molar-refractivity contribution is 0.412. The highest BCUT2D eigenvalue weighted by Crippen LogP contribution is 2.36. The maximum atomic E-state index is 9.43. The van der Waals surface area contributed by atoms with E-state index < -0.39 is 0 Å². The number of hydrogen-bond donors (Lipinski definition) is 1. The second kappa shape index (κ2) is 6.68. The third kappa shape index (κ3) is 3.03. The van der Waals surface area contributed by atoms with Gasteiger partial charge in [-0.05, 0) is 36.8 Å². The fraction of sp³-hybridized carbons (Fsp3) is 0.111. The summed E-state index contributed by atoms with van der Waals surface area (Å²) in [5, 5.41) is 14.1. The summed E-state index contributed by atoms with van der Waals surface area (Å²) in [7, 11) is 1.61. The van der Waals surface area contributed by atoms with Gasteiger partial charge < -0.3 is 10.1 Å². The van der Waals surface area contributed by atoms with E-state index in [0.717, 1.165) is 26.7 Å². The van der Waals surface area contributed by atoms with Gasteiger partial charge in [0.05, 0.1) is 34.6 Å². The number of nitrogens with zero attached hydrogens (tertiary/aromatic N) is 2. The van der Waals surface area contributed by atoms with Gasteiger partial charge in [-0.2, -0.15) is 5.26 Å². The lowest BCUT2D eigenvalue weighted by atomic mass is 10.1. The second-order valence-corrected chi connectivity index (χ2v) is 6.57. The largest absolute Gasteiger partial charge is 0.496 e. The number of nitriles is 1. The van der Waals surface area contributed by atoms with Crippen LogP contribution in [0.2, 0.25) is 5.02 Å². The minimum atomic E-state index is 0.445. The lowest BCUT2D eigenvalue weighted by Crippen LogP contribution is -1.99. The van der Waals surface area contributed by atoms with E-state index in [1.54, 1.807) is 13.3 Å². The van der Waals surface area contributed by atoms with Crippen LogP contribution >= 0.6 is 27.5 Å². The highest BCUT2D eigenvalue weighted by Gasteiger charge is 2.13. The number of rotatable bonds is 3. The summed E-state index contributed by atoms with van der Waals surface area (Å²) in [4.78, 5) is 4.34. The molecule has 1 aromatic heterocycles. The van der Waals surface area contributed by atoms with Crippen molar-refractivity contribution in [3.05, 3.63) is 57.2 Å². The molecule has 0 unspecified atom stereocenters. The number of ether oxygens (including phenoxy) is 1. The molecule has 0 saturated heterocycles. The first-order valence-electron chi connectivity index (χ1n) is 7.13. The van der Waals surface area contributed by atoms with Crippen molar-refractivity contribution in [2.75, 3.05) is 12.4 Å². The summed E-state index contributed by atoms with van der Waals surface area (Å²) in [6, 6.07) is 11.5. The van der Waals surface area contributed by atoms with Crippen LogP contribution in [0.5, 0.6) is 5.75 Å². The molecular weight excluding hydrogens is 390 g/mol. The average molecular weight is 403 g/mol. The maximum absolute atomic E-state index is 9.43. The van der Waals surface area contributed by atoms with E-state index in [9.17, 15) is 5.26 Å². The van der Waals surface area contributed by atoms with Crippen LogP contribution in [0.3, 0.4) is 0 Å². The van der Waals surface area contributed by atoms with E-state index in [4.69, 9.17) is 16.3 Å². The number of benzene rings is 2. The van der Waals surface area contributed by atoms with Crippen LogP contribution in [0.4, 0.5) is 11.4 Å². The van der Waals surface area contributed by atoms with Crippen molar-refractivity contribution >= 4 is 49.8 Å².